The SMILES string of the molecule is NC(=O)[C@@]1(Cc2cccc(-c3cccnc3)c2)CCCN(C(=O)CC2CCCCC2)C1. The molecule has 5 heteroatoms. The van der Waals surface area contributed by atoms with Gasteiger partial charge in [-0.25, -0.2) is 0 Å². The molecule has 1 saturated heterocycles. The first-order chi connectivity index (χ1) is 15.1. The Hall–Kier alpha value is -2.69. The lowest BCUT2D eigenvalue weighted by molar-refractivity contribution is -0.140. The van der Waals surface area contributed by atoms with Crippen molar-refractivity contribution < 1.29 is 9.59 Å². The summed E-state index contributed by atoms with van der Waals surface area (Å²) in [5.74, 6) is 0.401. The number of rotatable bonds is 6. The molecule has 0 radical (unpaired) electrons. The van der Waals surface area contributed by atoms with Crippen LogP contribution in [0.5, 0.6) is 0 Å². The second-order valence-electron chi connectivity index (χ2n) is 9.39. The summed E-state index contributed by atoms with van der Waals surface area (Å²) in [6.45, 7) is 1.17. The monoisotopic (exact) mass is 419 g/mol. The van der Waals surface area contributed by atoms with Crippen LogP contribution >= 0.6 is 0 Å². The molecule has 2 aliphatic rings. The van der Waals surface area contributed by atoms with Crippen LogP contribution in [0.15, 0.2) is 48.8 Å². The van der Waals surface area contributed by atoms with Crippen LogP contribution in [0.2, 0.25) is 0 Å². The summed E-state index contributed by atoms with van der Waals surface area (Å²) in [5, 5.41) is 0. The summed E-state index contributed by atoms with van der Waals surface area (Å²) in [6.07, 6.45) is 12.4. The molecule has 1 saturated carbocycles. The smallest absolute Gasteiger partial charge is 0.225 e. The molecule has 5 nitrogen and oxygen atoms in total. The van der Waals surface area contributed by atoms with Crippen molar-refractivity contribution in [3.05, 3.63) is 54.4 Å². The first kappa shape index (κ1) is 21.5. The third kappa shape index (κ3) is 5.15. The second kappa shape index (κ2) is 9.63. The zero-order valence-electron chi connectivity index (χ0n) is 18.3. The van der Waals surface area contributed by atoms with Crippen LogP contribution < -0.4 is 5.73 Å². The number of carbonyl (C=O) groups is 2. The van der Waals surface area contributed by atoms with Crippen molar-refractivity contribution in [3.8, 4) is 11.1 Å². The maximum absolute atomic E-state index is 13.0. The molecule has 2 fully saturated rings. The number of likely N-dealkylation sites (tertiary alicyclic amines) is 1. The van der Waals surface area contributed by atoms with E-state index in [0.29, 0.717) is 25.3 Å². The molecular formula is C26H33N3O2. The molecule has 31 heavy (non-hydrogen) atoms. The van der Waals surface area contributed by atoms with E-state index in [0.717, 1.165) is 48.9 Å². The molecule has 4 rings (SSSR count). The zero-order valence-corrected chi connectivity index (χ0v) is 18.3. The largest absolute Gasteiger partial charge is 0.369 e. The summed E-state index contributed by atoms with van der Waals surface area (Å²) in [6, 6.07) is 12.2. The van der Waals surface area contributed by atoms with Gasteiger partial charge in [-0.1, -0.05) is 49.6 Å². The highest BCUT2D eigenvalue weighted by molar-refractivity contribution is 5.83. The van der Waals surface area contributed by atoms with Gasteiger partial charge in [0.25, 0.3) is 0 Å². The molecule has 0 spiro atoms. The first-order valence-corrected chi connectivity index (χ1v) is 11.6. The maximum atomic E-state index is 13.0. The van der Waals surface area contributed by atoms with E-state index < -0.39 is 5.41 Å². The Morgan fingerprint density at radius 2 is 1.87 bits per heavy atom. The van der Waals surface area contributed by atoms with E-state index in [4.69, 9.17) is 5.73 Å². The van der Waals surface area contributed by atoms with Gasteiger partial charge in [-0.2, -0.15) is 0 Å². The van der Waals surface area contributed by atoms with Gasteiger partial charge in [0.15, 0.2) is 0 Å². The number of benzene rings is 1. The van der Waals surface area contributed by atoms with Crippen molar-refractivity contribution >= 4 is 11.8 Å². The highest BCUT2D eigenvalue weighted by atomic mass is 16.2. The number of aromatic nitrogens is 1. The standard InChI is InChI=1S/C26H33N3O2/c27-25(31)26(17-21-9-4-10-22(15-21)23-11-5-13-28-18-23)12-6-14-29(19-26)24(30)16-20-7-2-1-3-8-20/h4-5,9-11,13,15,18,20H,1-3,6-8,12,14,16-17,19H2,(H2,27,31)/t26-/m1/s1. The van der Waals surface area contributed by atoms with Crippen molar-refractivity contribution in [1.82, 2.24) is 9.88 Å². The lowest BCUT2D eigenvalue weighted by Crippen LogP contribution is -2.53. The third-order valence-electron chi connectivity index (χ3n) is 7.10. The van der Waals surface area contributed by atoms with Crippen LogP contribution in [-0.4, -0.2) is 34.8 Å². The van der Waals surface area contributed by atoms with Crippen molar-refractivity contribution in [2.24, 2.45) is 17.1 Å². The van der Waals surface area contributed by atoms with E-state index in [2.05, 4.69) is 17.1 Å². The predicted molar refractivity (Wildman–Crippen MR) is 122 cm³/mol. The van der Waals surface area contributed by atoms with Gasteiger partial charge >= 0.3 is 0 Å². The average molecular weight is 420 g/mol. The van der Waals surface area contributed by atoms with Gasteiger partial charge in [-0.05, 0) is 60.8 Å². The summed E-state index contributed by atoms with van der Waals surface area (Å²) >= 11 is 0. The van der Waals surface area contributed by atoms with Crippen molar-refractivity contribution in [3.63, 3.8) is 0 Å². The fraction of sp³-hybridized carbons (Fsp3) is 0.500. The first-order valence-electron chi connectivity index (χ1n) is 11.6. The highest BCUT2D eigenvalue weighted by Crippen LogP contribution is 2.36. The van der Waals surface area contributed by atoms with Crippen LogP contribution in [0.4, 0.5) is 0 Å². The number of hydrogen-bond donors (Lipinski definition) is 1. The lowest BCUT2D eigenvalue weighted by atomic mass is 9.74. The van der Waals surface area contributed by atoms with Gasteiger partial charge in [-0.3, -0.25) is 14.6 Å². The fourth-order valence-electron chi connectivity index (χ4n) is 5.33. The molecule has 1 aliphatic heterocycles. The van der Waals surface area contributed by atoms with Crippen molar-refractivity contribution in [2.75, 3.05) is 13.1 Å². The number of pyridine rings is 1. The van der Waals surface area contributed by atoms with E-state index in [9.17, 15) is 9.59 Å². The van der Waals surface area contributed by atoms with Crippen molar-refractivity contribution in [1.29, 1.82) is 0 Å². The Kier molecular flexibility index (Phi) is 6.69. The average Bonchev–Trinajstić information content (AvgIpc) is 2.80. The van der Waals surface area contributed by atoms with Crippen LogP contribution in [0.25, 0.3) is 11.1 Å². The minimum atomic E-state index is -0.700. The summed E-state index contributed by atoms with van der Waals surface area (Å²) < 4.78 is 0. The van der Waals surface area contributed by atoms with Crippen molar-refractivity contribution in [2.45, 2.75) is 57.8 Å². The molecule has 2 aromatic rings. The zero-order chi connectivity index (χ0) is 21.7. The Labute approximate surface area is 185 Å². The van der Waals surface area contributed by atoms with Gasteiger partial charge < -0.3 is 10.6 Å². The van der Waals surface area contributed by atoms with Gasteiger partial charge in [0.1, 0.15) is 0 Å². The fourth-order valence-corrected chi connectivity index (χ4v) is 5.33. The molecule has 1 aliphatic carbocycles. The normalized spacial score (nSPS) is 22.3. The third-order valence-corrected chi connectivity index (χ3v) is 7.10. The number of hydrogen-bond acceptors (Lipinski definition) is 3. The minimum absolute atomic E-state index is 0.196. The number of carbonyl (C=O) groups excluding carboxylic acids is 2. The number of amides is 2. The number of nitrogens with two attached hydrogens (primary N) is 1. The van der Waals surface area contributed by atoms with E-state index in [1.807, 2.05) is 35.4 Å². The summed E-state index contributed by atoms with van der Waals surface area (Å²) in [7, 11) is 0. The minimum Gasteiger partial charge on any atom is -0.369 e. The Morgan fingerprint density at radius 3 is 2.61 bits per heavy atom. The summed E-state index contributed by atoms with van der Waals surface area (Å²) in [4.78, 5) is 31.8. The summed E-state index contributed by atoms with van der Waals surface area (Å²) in [5.41, 5.74) is 8.45. The lowest BCUT2D eigenvalue weighted by Gasteiger charge is -2.41. The van der Waals surface area contributed by atoms with E-state index >= 15 is 0 Å². The number of nitrogens with zero attached hydrogens (tertiary/aromatic N) is 2. The Balaban J connectivity index is 1.49. The molecule has 164 valence electrons. The number of primary amides is 1. The van der Waals surface area contributed by atoms with E-state index in [-0.39, 0.29) is 11.8 Å². The molecule has 2 N–H and O–H groups in total. The second-order valence-corrected chi connectivity index (χ2v) is 9.39. The molecule has 2 amide bonds. The van der Waals surface area contributed by atoms with Gasteiger partial charge in [0.2, 0.25) is 11.8 Å². The highest BCUT2D eigenvalue weighted by Gasteiger charge is 2.42. The van der Waals surface area contributed by atoms with Gasteiger partial charge in [-0.15, -0.1) is 0 Å². The molecule has 1 aromatic carbocycles. The van der Waals surface area contributed by atoms with Gasteiger partial charge in [0, 0.05) is 31.9 Å². The van der Waals surface area contributed by atoms with Gasteiger partial charge in [0.05, 0.1) is 5.41 Å². The number of piperidine rings is 1. The van der Waals surface area contributed by atoms with Crippen LogP contribution in [-0.2, 0) is 16.0 Å². The predicted octanol–water partition coefficient (Wildman–Crippen LogP) is 4.36. The molecule has 0 unspecified atom stereocenters. The van der Waals surface area contributed by atoms with E-state index in [1.165, 1.54) is 19.3 Å². The maximum Gasteiger partial charge on any atom is 0.225 e. The van der Waals surface area contributed by atoms with Crippen LogP contribution in [0.1, 0.15) is 56.9 Å². The molecule has 1 aromatic heterocycles. The van der Waals surface area contributed by atoms with Crippen LogP contribution in [0, 0.1) is 11.3 Å². The Bertz CT molecular complexity index is 908. The Morgan fingerprint density at radius 1 is 1.06 bits per heavy atom. The molecular weight excluding hydrogens is 386 g/mol. The molecule has 2 heterocycles. The molecule has 1 atom stereocenters. The molecule has 0 bridgehead atoms. The topological polar surface area (TPSA) is 76.3 Å². The van der Waals surface area contributed by atoms with Crippen LogP contribution in [0.3, 0.4) is 0 Å². The van der Waals surface area contributed by atoms with E-state index in [1.54, 1.807) is 6.20 Å². The quantitative estimate of drug-likeness (QED) is 0.756.